The number of piperidine rings is 1. The van der Waals surface area contributed by atoms with Crippen LogP contribution in [-0.4, -0.2) is 30.3 Å². The Morgan fingerprint density at radius 1 is 1.14 bits per heavy atom. The van der Waals surface area contributed by atoms with Crippen LogP contribution in [0.2, 0.25) is 0 Å². The number of hydrogen-bond donors (Lipinski definition) is 0. The van der Waals surface area contributed by atoms with Gasteiger partial charge in [-0.25, -0.2) is 0 Å². The molecule has 0 radical (unpaired) electrons. The van der Waals surface area contributed by atoms with E-state index in [0.717, 1.165) is 11.8 Å². The van der Waals surface area contributed by atoms with E-state index in [0.29, 0.717) is 17.9 Å². The first-order valence-corrected chi connectivity index (χ1v) is 11.2. The zero-order valence-corrected chi connectivity index (χ0v) is 17.6. The Balaban J connectivity index is 1.29. The largest absolute Gasteiger partial charge is 0.300 e. The van der Waals surface area contributed by atoms with Crippen molar-refractivity contribution in [2.24, 2.45) is 5.92 Å². The van der Waals surface area contributed by atoms with Gasteiger partial charge in [-0.15, -0.1) is 0 Å². The third-order valence-electron chi connectivity index (χ3n) is 8.01. The van der Waals surface area contributed by atoms with E-state index in [1.165, 1.54) is 55.5 Å². The Morgan fingerprint density at radius 3 is 2.79 bits per heavy atom. The van der Waals surface area contributed by atoms with Gasteiger partial charge in [0.25, 0.3) is 0 Å². The van der Waals surface area contributed by atoms with Crippen molar-refractivity contribution in [1.29, 1.82) is 0 Å². The Morgan fingerprint density at radius 2 is 2.00 bits per heavy atom. The minimum atomic E-state index is 0.242. The molecule has 0 aromatic heterocycles. The lowest BCUT2D eigenvalue weighted by molar-refractivity contribution is 0.0898. The number of allylic oxidation sites excluding steroid dienone is 1. The van der Waals surface area contributed by atoms with Crippen molar-refractivity contribution >= 4 is 12.4 Å². The van der Waals surface area contributed by atoms with Crippen molar-refractivity contribution in [1.82, 2.24) is 4.90 Å². The summed E-state index contributed by atoms with van der Waals surface area (Å²) in [4.78, 5) is 13.8. The van der Waals surface area contributed by atoms with Crippen LogP contribution < -0.4 is 0 Å². The lowest BCUT2D eigenvalue weighted by atomic mass is 9.68. The Hall–Kier alpha value is -2.19. The van der Waals surface area contributed by atoms with Crippen LogP contribution in [0.5, 0.6) is 0 Å². The Kier molecular flexibility index (Phi) is 4.70. The molecule has 1 spiro atoms. The monoisotopic (exact) mass is 385 g/mol. The first-order valence-electron chi connectivity index (χ1n) is 11.2. The summed E-state index contributed by atoms with van der Waals surface area (Å²) in [6.45, 7) is 7.00. The average molecular weight is 386 g/mol. The van der Waals surface area contributed by atoms with Crippen LogP contribution >= 0.6 is 0 Å². The summed E-state index contributed by atoms with van der Waals surface area (Å²) in [7, 11) is 0. The molecule has 1 aliphatic heterocycles. The maximum absolute atomic E-state index is 11.1. The molecule has 2 nitrogen and oxygen atoms in total. The molecule has 0 amide bonds. The van der Waals surface area contributed by atoms with Crippen LogP contribution in [0.4, 0.5) is 0 Å². The second-order valence-corrected chi connectivity index (χ2v) is 9.50. The van der Waals surface area contributed by atoms with Gasteiger partial charge in [-0.2, -0.15) is 0 Å². The summed E-state index contributed by atoms with van der Waals surface area (Å²) < 4.78 is 0. The average Bonchev–Trinajstić information content (AvgIpc) is 3.37. The third-order valence-corrected chi connectivity index (χ3v) is 8.01. The highest BCUT2D eigenvalue weighted by Crippen LogP contribution is 2.48. The van der Waals surface area contributed by atoms with Crippen molar-refractivity contribution < 1.29 is 4.79 Å². The van der Waals surface area contributed by atoms with Crippen LogP contribution in [0.3, 0.4) is 0 Å². The maximum Gasteiger partial charge on any atom is 0.150 e. The van der Waals surface area contributed by atoms with Crippen molar-refractivity contribution in [2.45, 2.75) is 56.9 Å². The lowest BCUT2D eigenvalue weighted by Crippen LogP contribution is -2.50. The molecule has 29 heavy (non-hydrogen) atoms. The molecule has 4 atom stereocenters. The highest BCUT2D eigenvalue weighted by atomic mass is 16.1. The number of fused-ring (bicyclic) bond motifs is 2. The number of hydrogen-bond acceptors (Lipinski definition) is 2. The minimum absolute atomic E-state index is 0.242. The molecule has 2 heteroatoms. The number of benzene rings is 2. The second kappa shape index (κ2) is 7.25. The van der Waals surface area contributed by atoms with Crippen molar-refractivity contribution in [3.8, 4) is 0 Å². The van der Waals surface area contributed by atoms with Crippen LogP contribution in [0.1, 0.15) is 71.1 Å². The van der Waals surface area contributed by atoms with E-state index in [2.05, 4.69) is 61.2 Å². The van der Waals surface area contributed by atoms with Crippen LogP contribution in [0.15, 0.2) is 48.5 Å². The zero-order valence-electron chi connectivity index (χ0n) is 17.6. The highest BCUT2D eigenvalue weighted by molar-refractivity contribution is 5.75. The third kappa shape index (κ3) is 3.09. The highest BCUT2D eigenvalue weighted by Gasteiger charge is 2.45. The molecule has 0 N–H and O–H groups in total. The maximum atomic E-state index is 11.1. The van der Waals surface area contributed by atoms with Gasteiger partial charge in [-0.1, -0.05) is 55.5 Å². The van der Waals surface area contributed by atoms with Gasteiger partial charge in [-0.05, 0) is 79.3 Å². The Labute approximate surface area is 174 Å². The molecule has 3 aliphatic rings. The van der Waals surface area contributed by atoms with E-state index in [-0.39, 0.29) is 5.41 Å². The number of carbonyl (C=O) groups excluding carboxylic acids is 1. The van der Waals surface area contributed by atoms with Crippen LogP contribution in [-0.2, 0) is 5.41 Å². The summed E-state index contributed by atoms with van der Waals surface area (Å²) in [5, 5.41) is 0. The summed E-state index contributed by atoms with van der Waals surface area (Å²) in [5.74, 6) is 1.28. The Bertz CT molecular complexity index is 961. The molecule has 1 saturated carbocycles. The molecule has 3 unspecified atom stereocenters. The first-order chi connectivity index (χ1) is 14.1. The minimum Gasteiger partial charge on any atom is -0.300 e. The number of nitrogens with zero attached hydrogens (tertiary/aromatic N) is 1. The molecule has 150 valence electrons. The number of aryl methyl sites for hydroxylation is 1. The fourth-order valence-electron chi connectivity index (χ4n) is 6.36. The van der Waals surface area contributed by atoms with Gasteiger partial charge >= 0.3 is 0 Å². The zero-order chi connectivity index (χ0) is 20.0. The van der Waals surface area contributed by atoms with Gasteiger partial charge in [0.15, 0.2) is 0 Å². The van der Waals surface area contributed by atoms with Gasteiger partial charge in [-0.3, -0.25) is 4.79 Å². The molecule has 5 rings (SSSR count). The molecule has 1 saturated heterocycles. The molecular formula is C27H31NO. The van der Waals surface area contributed by atoms with Crippen LogP contribution in [0, 0.1) is 12.8 Å². The normalized spacial score (nSPS) is 31.3. The van der Waals surface area contributed by atoms with E-state index in [9.17, 15) is 4.79 Å². The summed E-state index contributed by atoms with van der Waals surface area (Å²) in [5.41, 5.74) is 6.73. The molecule has 2 aromatic carbocycles. The van der Waals surface area contributed by atoms with E-state index in [1.54, 1.807) is 5.56 Å². The summed E-state index contributed by atoms with van der Waals surface area (Å²) in [6, 6.07) is 15.9. The predicted molar refractivity (Wildman–Crippen MR) is 119 cm³/mol. The second-order valence-electron chi connectivity index (χ2n) is 9.50. The van der Waals surface area contributed by atoms with Crippen LogP contribution in [0.25, 0.3) is 6.08 Å². The van der Waals surface area contributed by atoms with E-state index < -0.39 is 0 Å². The van der Waals surface area contributed by atoms with E-state index >= 15 is 0 Å². The SMILES string of the molecule is Cc1cc(C=O)ccc1C1CCC(N2CCC3(C=Cc4ccccc43)[C@@H](C)C2)C1. The summed E-state index contributed by atoms with van der Waals surface area (Å²) >= 11 is 0. The van der Waals surface area contributed by atoms with Gasteiger partial charge in [0.1, 0.15) is 6.29 Å². The predicted octanol–water partition coefficient (Wildman–Crippen LogP) is 5.75. The van der Waals surface area contributed by atoms with Gasteiger partial charge in [0, 0.05) is 23.6 Å². The van der Waals surface area contributed by atoms with Crippen molar-refractivity contribution in [3.63, 3.8) is 0 Å². The van der Waals surface area contributed by atoms with Gasteiger partial charge < -0.3 is 4.90 Å². The quantitative estimate of drug-likeness (QED) is 0.627. The van der Waals surface area contributed by atoms with E-state index in [1.807, 2.05) is 12.1 Å². The lowest BCUT2D eigenvalue weighted by Gasteiger charge is -2.46. The number of aldehydes is 1. The number of carbonyl (C=O) groups is 1. The summed E-state index contributed by atoms with van der Waals surface area (Å²) in [6.07, 6.45) is 10.8. The number of likely N-dealkylation sites (tertiary alicyclic amines) is 1. The number of rotatable bonds is 3. The molecule has 2 aliphatic carbocycles. The van der Waals surface area contributed by atoms with Gasteiger partial charge in [0.2, 0.25) is 0 Å². The first kappa shape index (κ1) is 18.8. The topological polar surface area (TPSA) is 20.3 Å². The van der Waals surface area contributed by atoms with Crippen molar-refractivity contribution in [3.05, 3.63) is 76.4 Å². The smallest absolute Gasteiger partial charge is 0.150 e. The van der Waals surface area contributed by atoms with E-state index in [4.69, 9.17) is 0 Å². The fraction of sp³-hybridized carbons (Fsp3) is 0.444. The van der Waals surface area contributed by atoms with Gasteiger partial charge in [0.05, 0.1) is 0 Å². The molecular weight excluding hydrogens is 354 g/mol. The molecule has 0 bridgehead atoms. The molecule has 2 aromatic rings. The fourth-order valence-corrected chi connectivity index (χ4v) is 6.36. The molecule has 1 heterocycles. The molecule has 2 fully saturated rings. The van der Waals surface area contributed by atoms with Crippen molar-refractivity contribution in [2.75, 3.05) is 13.1 Å². The standard InChI is InChI=1S/C27H31NO/c1-19-15-21(18-29)7-10-25(19)23-8-9-24(16-23)28-14-13-27(20(2)17-28)12-11-22-5-3-4-6-26(22)27/h3-7,10-12,15,18,20,23-24H,8-9,13-14,16-17H2,1-2H3/t20-,23?,24?,27?/m0/s1.